The van der Waals surface area contributed by atoms with Gasteiger partial charge < -0.3 is 27.5 Å². The monoisotopic (exact) mass is 916 g/mol. The lowest BCUT2D eigenvalue weighted by Crippen LogP contribution is -2.64. The van der Waals surface area contributed by atoms with Crippen molar-refractivity contribution in [3.63, 3.8) is 0 Å². The van der Waals surface area contributed by atoms with E-state index in [0.29, 0.717) is 35.8 Å². The van der Waals surface area contributed by atoms with Gasteiger partial charge >= 0.3 is 11.9 Å². The molecule has 2 aromatic carbocycles. The number of carbonyl (C=O) groups excluding carboxylic acids is 2. The van der Waals surface area contributed by atoms with Crippen molar-refractivity contribution in [2.75, 3.05) is 80.5 Å². The van der Waals surface area contributed by atoms with Gasteiger partial charge in [0.1, 0.15) is 32.4 Å². The maximum atomic E-state index is 12.5. The van der Waals surface area contributed by atoms with Gasteiger partial charge in [-0.3, -0.25) is 19.4 Å². The van der Waals surface area contributed by atoms with Crippen LogP contribution in [0.2, 0.25) is 0 Å². The number of quaternary nitrogens is 2. The number of benzene rings is 2. The summed E-state index contributed by atoms with van der Waals surface area (Å²) in [6.07, 6.45) is 8.22. The van der Waals surface area contributed by atoms with Crippen molar-refractivity contribution in [1.29, 1.82) is 0 Å². The summed E-state index contributed by atoms with van der Waals surface area (Å²) in [6, 6.07) is 15.0. The van der Waals surface area contributed by atoms with Crippen LogP contribution in [0, 0.1) is 34.5 Å². The standard InChI is InChI=1S/C35H62N4O4.2C6H6O3S/c1-24(40)42-32-21-26-9-10-27-28(35(26,4)23-31(32)37-15-19-39(7,8)20-16-37)11-12-34(3)29(27)22-30(33(34)43-25(2)41)36-13-17-38(5,6)18-14-36;2*7-10(8,9)6-4-2-1-3-5-6/h26-33H,9-23H2,1-8H3;2*1-5H,(H,7,8,9)/q+2;;/p-2/t26?,27?,28?,29?,30-,31-,32-,33-,34+,35+;;/m1../s1. The average Bonchev–Trinajstić information content (AvgIpc) is 3.49. The van der Waals surface area contributed by atoms with Crippen molar-refractivity contribution in [2.24, 2.45) is 34.5 Å². The third kappa shape index (κ3) is 11.5. The smallest absolute Gasteiger partial charge is 0.302 e. The van der Waals surface area contributed by atoms with Crippen LogP contribution in [0.3, 0.4) is 0 Å². The molecule has 0 spiro atoms. The fourth-order valence-electron chi connectivity index (χ4n) is 12.5. The summed E-state index contributed by atoms with van der Waals surface area (Å²) in [6.45, 7) is 17.3. The maximum absolute atomic E-state index is 12.5. The maximum Gasteiger partial charge on any atom is 0.302 e. The zero-order valence-electron chi connectivity index (χ0n) is 38.7. The van der Waals surface area contributed by atoms with E-state index in [1.807, 2.05) is 0 Å². The molecule has 6 aliphatic rings. The van der Waals surface area contributed by atoms with Crippen molar-refractivity contribution < 1.29 is 54.0 Å². The first-order chi connectivity index (χ1) is 29.3. The number of fused-ring (bicyclic) bond motifs is 5. The van der Waals surface area contributed by atoms with Gasteiger partial charge in [-0.2, -0.15) is 0 Å². The van der Waals surface area contributed by atoms with Gasteiger partial charge in [0, 0.05) is 57.5 Å². The summed E-state index contributed by atoms with van der Waals surface area (Å²) in [7, 11) is 0.854. The van der Waals surface area contributed by atoms with Gasteiger partial charge in [-0.15, -0.1) is 0 Å². The summed E-state index contributed by atoms with van der Waals surface area (Å²) in [4.78, 5) is 29.8. The number of hydrogen-bond acceptors (Lipinski definition) is 12. The second-order valence-corrected chi connectivity index (χ2v) is 23.8. The molecule has 14 nitrogen and oxygen atoms in total. The minimum Gasteiger partial charge on any atom is -0.744 e. The van der Waals surface area contributed by atoms with Gasteiger partial charge in [0.25, 0.3) is 0 Å². The molecular formula is C47H72N4O10S2. The molecule has 16 heteroatoms. The van der Waals surface area contributed by atoms with Gasteiger partial charge in [-0.25, -0.2) is 16.8 Å². The Balaban J connectivity index is 0.000000270. The molecule has 2 aromatic rings. The molecule has 63 heavy (non-hydrogen) atoms. The highest BCUT2D eigenvalue weighted by Gasteiger charge is 2.65. The highest BCUT2D eigenvalue weighted by molar-refractivity contribution is 7.86. The van der Waals surface area contributed by atoms with Crippen LogP contribution in [-0.2, 0) is 39.3 Å². The molecule has 6 fully saturated rings. The molecule has 0 amide bonds. The molecule has 2 saturated heterocycles. The Bertz CT molecular complexity index is 2040. The molecule has 0 bridgehead atoms. The Morgan fingerprint density at radius 1 is 0.635 bits per heavy atom. The molecule has 0 radical (unpaired) electrons. The SMILES string of the molecule is CC(=O)O[C@@H]1[C@H](N2CC[N+](C)(C)CC2)CC2C3CCC4C[C@@H](OC(C)=O)[C@H](N5CC[N+](C)(C)CC5)C[C@]4(C)C3CC[C@@]21C.O=S(=O)([O-])c1ccccc1.O=S(=O)([O-])c1ccccc1. The fraction of sp³-hybridized carbons (Fsp3) is 0.702. The fourth-order valence-corrected chi connectivity index (χ4v) is 13.5. The van der Waals surface area contributed by atoms with Gasteiger partial charge in [-0.1, -0.05) is 50.2 Å². The number of hydrogen-bond donors (Lipinski definition) is 0. The first-order valence-electron chi connectivity index (χ1n) is 22.8. The highest BCUT2D eigenvalue weighted by Crippen LogP contribution is 2.67. The second-order valence-electron chi connectivity index (χ2n) is 21.1. The quantitative estimate of drug-likeness (QED) is 0.220. The summed E-state index contributed by atoms with van der Waals surface area (Å²) >= 11 is 0. The van der Waals surface area contributed by atoms with Gasteiger partial charge in [0.05, 0.1) is 64.2 Å². The molecule has 2 aliphatic heterocycles. The number of likely N-dealkylation sites (N-methyl/N-ethyl adjacent to an activating group) is 2. The van der Waals surface area contributed by atoms with Crippen molar-refractivity contribution in [3.8, 4) is 0 Å². The summed E-state index contributed by atoms with van der Waals surface area (Å²) in [5.74, 6) is 2.35. The van der Waals surface area contributed by atoms with E-state index in [9.17, 15) is 35.5 Å². The normalized spacial score (nSPS) is 35.1. The lowest BCUT2D eigenvalue weighted by Gasteiger charge is -2.62. The highest BCUT2D eigenvalue weighted by atomic mass is 32.2. The number of carbonyl (C=O) groups is 2. The summed E-state index contributed by atoms with van der Waals surface area (Å²) < 4.78 is 76.3. The van der Waals surface area contributed by atoms with Crippen molar-refractivity contribution in [2.45, 2.75) is 107 Å². The molecule has 352 valence electrons. The minimum atomic E-state index is -4.25. The number of rotatable bonds is 6. The number of piperazine rings is 2. The van der Waals surface area contributed by atoms with Crippen LogP contribution in [0.1, 0.15) is 72.6 Å². The van der Waals surface area contributed by atoms with Crippen molar-refractivity contribution >= 4 is 32.2 Å². The van der Waals surface area contributed by atoms with E-state index in [0.717, 1.165) is 80.6 Å². The Morgan fingerprint density at radius 3 is 1.52 bits per heavy atom. The Labute approximate surface area is 377 Å². The molecule has 4 aliphatic carbocycles. The van der Waals surface area contributed by atoms with Crippen LogP contribution in [0.25, 0.3) is 0 Å². The Hall–Kier alpha value is -2.96. The van der Waals surface area contributed by atoms with Crippen LogP contribution in [0.15, 0.2) is 70.5 Å². The second kappa shape index (κ2) is 19.1. The molecule has 2 heterocycles. The predicted octanol–water partition coefficient (Wildman–Crippen LogP) is 4.81. The summed E-state index contributed by atoms with van der Waals surface area (Å²) in [5, 5.41) is 0. The molecule has 8 rings (SSSR count). The van der Waals surface area contributed by atoms with Crippen LogP contribution in [-0.4, -0.2) is 161 Å². The van der Waals surface area contributed by atoms with E-state index < -0.39 is 20.2 Å². The third-order valence-electron chi connectivity index (χ3n) is 16.2. The van der Waals surface area contributed by atoms with Crippen molar-refractivity contribution in [1.82, 2.24) is 9.80 Å². The lowest BCUT2D eigenvalue weighted by atomic mass is 9.44. The first-order valence-corrected chi connectivity index (χ1v) is 25.6. The number of esters is 2. The van der Waals surface area contributed by atoms with Crippen LogP contribution < -0.4 is 0 Å². The Morgan fingerprint density at radius 2 is 1.10 bits per heavy atom. The van der Waals surface area contributed by atoms with E-state index >= 15 is 0 Å². The first kappa shape index (κ1) is 49.5. The largest absolute Gasteiger partial charge is 0.744 e. The van der Waals surface area contributed by atoms with E-state index in [1.165, 1.54) is 74.2 Å². The van der Waals surface area contributed by atoms with Crippen LogP contribution in [0.4, 0.5) is 0 Å². The van der Waals surface area contributed by atoms with Gasteiger partial charge in [-0.05, 0) is 98.3 Å². The van der Waals surface area contributed by atoms with Gasteiger partial charge in [0.15, 0.2) is 0 Å². The van der Waals surface area contributed by atoms with Crippen LogP contribution >= 0.6 is 0 Å². The van der Waals surface area contributed by atoms with Crippen molar-refractivity contribution in [3.05, 3.63) is 60.7 Å². The summed E-state index contributed by atoms with van der Waals surface area (Å²) in [5.41, 5.74) is 0.308. The minimum absolute atomic E-state index is 0.00234. The van der Waals surface area contributed by atoms with E-state index in [2.05, 4.69) is 51.8 Å². The molecule has 4 saturated carbocycles. The van der Waals surface area contributed by atoms with E-state index in [1.54, 1.807) is 26.0 Å². The topological polar surface area (TPSA) is 173 Å². The van der Waals surface area contributed by atoms with E-state index in [-0.39, 0.29) is 44.8 Å². The van der Waals surface area contributed by atoms with E-state index in [4.69, 9.17) is 9.47 Å². The zero-order chi connectivity index (χ0) is 46.2. The predicted molar refractivity (Wildman–Crippen MR) is 237 cm³/mol. The lowest BCUT2D eigenvalue weighted by molar-refractivity contribution is -0.894. The zero-order valence-corrected chi connectivity index (χ0v) is 40.3. The average molecular weight is 917 g/mol. The van der Waals surface area contributed by atoms with Gasteiger partial charge in [0.2, 0.25) is 0 Å². The molecule has 0 N–H and O–H groups in total. The third-order valence-corrected chi connectivity index (χ3v) is 17.9. The van der Waals surface area contributed by atoms with Crippen LogP contribution in [0.5, 0.6) is 0 Å². The molecule has 4 unspecified atom stereocenters. The Kier molecular flexibility index (Phi) is 15.0. The molecular weight excluding hydrogens is 845 g/mol. The molecule has 0 aromatic heterocycles. The number of ether oxygens (including phenoxy) is 2. The molecule has 10 atom stereocenters. The number of nitrogens with zero attached hydrogens (tertiary/aromatic N) is 4.